The second-order valence-corrected chi connectivity index (χ2v) is 4.77. The lowest BCUT2D eigenvalue weighted by atomic mass is 10.2. The lowest BCUT2D eigenvalue weighted by Crippen LogP contribution is -1.97. The van der Waals surface area contributed by atoms with Gasteiger partial charge in [0.1, 0.15) is 23.3 Å². The van der Waals surface area contributed by atoms with Gasteiger partial charge in [-0.3, -0.25) is 0 Å². The Hall–Kier alpha value is -2.13. The van der Waals surface area contributed by atoms with Crippen LogP contribution in [0.4, 0.5) is 4.39 Å². The van der Waals surface area contributed by atoms with Gasteiger partial charge < -0.3 is 4.74 Å². The molecule has 3 aromatic rings. The summed E-state index contributed by atoms with van der Waals surface area (Å²) in [7, 11) is 0. The van der Waals surface area contributed by atoms with Crippen LogP contribution in [0, 0.1) is 5.82 Å². The minimum atomic E-state index is -0.328. The Bertz CT molecular complexity index is 746. The van der Waals surface area contributed by atoms with Crippen molar-refractivity contribution in [1.82, 2.24) is 4.98 Å². The van der Waals surface area contributed by atoms with Gasteiger partial charge in [0.25, 0.3) is 0 Å². The van der Waals surface area contributed by atoms with Crippen LogP contribution in [0.1, 0.15) is 5.56 Å². The first-order chi connectivity index (χ1) is 9.72. The van der Waals surface area contributed by atoms with Crippen LogP contribution < -0.4 is 4.74 Å². The van der Waals surface area contributed by atoms with Crippen molar-refractivity contribution in [3.63, 3.8) is 0 Å². The largest absolute Gasteiger partial charge is 0.488 e. The van der Waals surface area contributed by atoms with Gasteiger partial charge in [0.15, 0.2) is 0 Å². The molecule has 0 aliphatic carbocycles. The van der Waals surface area contributed by atoms with E-state index in [2.05, 4.69) is 4.98 Å². The minimum absolute atomic E-state index is 0.326. The Morgan fingerprint density at radius 2 is 1.85 bits per heavy atom. The zero-order valence-corrected chi connectivity index (χ0v) is 11.3. The van der Waals surface area contributed by atoms with Crippen LogP contribution in [0.15, 0.2) is 54.6 Å². The van der Waals surface area contributed by atoms with Gasteiger partial charge in [-0.25, -0.2) is 9.37 Å². The van der Waals surface area contributed by atoms with Crippen molar-refractivity contribution in [2.75, 3.05) is 0 Å². The van der Waals surface area contributed by atoms with E-state index in [-0.39, 0.29) is 5.82 Å². The molecule has 1 heterocycles. The summed E-state index contributed by atoms with van der Waals surface area (Å²) in [6.07, 6.45) is 0. The number of fused-ring (bicyclic) bond motifs is 1. The third kappa shape index (κ3) is 2.73. The van der Waals surface area contributed by atoms with Crippen molar-refractivity contribution in [3.8, 4) is 5.75 Å². The highest BCUT2D eigenvalue weighted by Gasteiger charge is 2.07. The zero-order chi connectivity index (χ0) is 13.9. The van der Waals surface area contributed by atoms with E-state index in [4.69, 9.17) is 16.3 Å². The molecule has 0 spiro atoms. The Labute approximate surface area is 120 Å². The number of hydrogen-bond donors (Lipinski definition) is 0. The summed E-state index contributed by atoms with van der Waals surface area (Å²) >= 11 is 5.96. The topological polar surface area (TPSA) is 22.1 Å². The van der Waals surface area contributed by atoms with E-state index in [1.54, 1.807) is 12.1 Å². The van der Waals surface area contributed by atoms with Crippen molar-refractivity contribution in [2.24, 2.45) is 0 Å². The molecule has 0 aliphatic heterocycles. The van der Waals surface area contributed by atoms with Crippen LogP contribution in [0.5, 0.6) is 5.75 Å². The lowest BCUT2D eigenvalue weighted by Gasteiger charge is -2.10. The van der Waals surface area contributed by atoms with Gasteiger partial charge in [-0.05, 0) is 23.8 Å². The molecule has 0 N–H and O–H groups in total. The van der Waals surface area contributed by atoms with Crippen molar-refractivity contribution in [1.29, 1.82) is 0 Å². The van der Waals surface area contributed by atoms with Crippen molar-refractivity contribution >= 4 is 22.5 Å². The number of hydrogen-bond acceptors (Lipinski definition) is 2. The molecule has 100 valence electrons. The molecule has 3 rings (SSSR count). The van der Waals surface area contributed by atoms with Crippen LogP contribution >= 0.6 is 11.6 Å². The fourth-order valence-corrected chi connectivity index (χ4v) is 2.18. The number of aromatic nitrogens is 1. The SMILES string of the molecule is Fc1ccc2nc(Cl)cc(OCc3ccccc3)c2c1. The molecule has 0 amide bonds. The maximum Gasteiger partial charge on any atom is 0.133 e. The molecule has 4 heteroatoms. The molecule has 0 saturated carbocycles. The van der Waals surface area contributed by atoms with Gasteiger partial charge in [0, 0.05) is 11.5 Å². The Balaban J connectivity index is 1.96. The highest BCUT2D eigenvalue weighted by Crippen LogP contribution is 2.28. The van der Waals surface area contributed by atoms with Gasteiger partial charge in [-0.2, -0.15) is 0 Å². The van der Waals surface area contributed by atoms with Gasteiger partial charge in [-0.15, -0.1) is 0 Å². The molecule has 2 nitrogen and oxygen atoms in total. The van der Waals surface area contributed by atoms with E-state index in [0.29, 0.717) is 28.4 Å². The first-order valence-corrected chi connectivity index (χ1v) is 6.53. The van der Waals surface area contributed by atoms with Crippen molar-refractivity contribution in [3.05, 3.63) is 71.1 Å². The van der Waals surface area contributed by atoms with Crippen molar-refractivity contribution < 1.29 is 9.13 Å². The van der Waals surface area contributed by atoms with Crippen LogP contribution in [-0.4, -0.2) is 4.98 Å². The number of pyridine rings is 1. The van der Waals surface area contributed by atoms with Crippen LogP contribution in [0.25, 0.3) is 10.9 Å². The summed E-state index contributed by atoms with van der Waals surface area (Å²) in [6, 6.07) is 15.7. The molecule has 0 atom stereocenters. The standard InChI is InChI=1S/C16H11ClFNO/c17-16-9-15(20-10-11-4-2-1-3-5-11)13-8-12(18)6-7-14(13)19-16/h1-9H,10H2. The van der Waals surface area contributed by atoms with E-state index in [1.165, 1.54) is 12.1 Å². The highest BCUT2D eigenvalue weighted by molar-refractivity contribution is 6.30. The molecule has 1 aromatic heterocycles. The molecule has 0 saturated heterocycles. The summed E-state index contributed by atoms with van der Waals surface area (Å²) < 4.78 is 19.1. The van der Waals surface area contributed by atoms with Gasteiger partial charge in [0.05, 0.1) is 5.52 Å². The number of benzene rings is 2. The average molecular weight is 288 g/mol. The van der Waals surface area contributed by atoms with E-state index < -0.39 is 0 Å². The van der Waals surface area contributed by atoms with E-state index in [1.807, 2.05) is 30.3 Å². The number of nitrogens with zero attached hydrogens (tertiary/aromatic N) is 1. The zero-order valence-electron chi connectivity index (χ0n) is 10.5. The quantitative estimate of drug-likeness (QED) is 0.657. The first-order valence-electron chi connectivity index (χ1n) is 6.15. The maximum atomic E-state index is 13.4. The van der Waals surface area contributed by atoms with Gasteiger partial charge in [0.2, 0.25) is 0 Å². The lowest BCUT2D eigenvalue weighted by molar-refractivity contribution is 0.310. The first kappa shape index (κ1) is 12.9. The molecule has 0 radical (unpaired) electrons. The molecule has 0 fully saturated rings. The molecular weight excluding hydrogens is 277 g/mol. The Kier molecular flexibility index (Phi) is 3.52. The summed E-state index contributed by atoms with van der Waals surface area (Å²) in [5.74, 6) is 0.203. The van der Waals surface area contributed by atoms with Crippen LogP contribution in [0.3, 0.4) is 0 Å². The number of halogens is 2. The van der Waals surface area contributed by atoms with E-state index >= 15 is 0 Å². The predicted octanol–water partition coefficient (Wildman–Crippen LogP) is 4.61. The van der Waals surface area contributed by atoms with Gasteiger partial charge >= 0.3 is 0 Å². The van der Waals surface area contributed by atoms with Gasteiger partial charge in [-0.1, -0.05) is 41.9 Å². The minimum Gasteiger partial charge on any atom is -0.488 e. The van der Waals surface area contributed by atoms with E-state index in [9.17, 15) is 4.39 Å². The third-order valence-corrected chi connectivity index (χ3v) is 3.13. The van der Waals surface area contributed by atoms with E-state index in [0.717, 1.165) is 5.56 Å². The highest BCUT2D eigenvalue weighted by atomic mass is 35.5. The fraction of sp³-hybridized carbons (Fsp3) is 0.0625. The molecule has 0 bridgehead atoms. The summed E-state index contributed by atoms with van der Waals surface area (Å²) in [5, 5.41) is 0.942. The second kappa shape index (κ2) is 5.47. The normalized spacial score (nSPS) is 10.7. The summed E-state index contributed by atoms with van der Waals surface area (Å²) in [5.41, 5.74) is 1.65. The number of rotatable bonds is 3. The van der Waals surface area contributed by atoms with Crippen molar-refractivity contribution in [2.45, 2.75) is 6.61 Å². The van der Waals surface area contributed by atoms with Crippen LogP contribution in [0.2, 0.25) is 5.15 Å². The number of ether oxygens (including phenoxy) is 1. The smallest absolute Gasteiger partial charge is 0.133 e. The molecular formula is C16H11ClFNO. The molecule has 0 unspecified atom stereocenters. The summed E-state index contributed by atoms with van der Waals surface area (Å²) in [4.78, 5) is 4.15. The maximum absolute atomic E-state index is 13.4. The van der Waals surface area contributed by atoms with Crippen LogP contribution in [-0.2, 0) is 6.61 Å². The monoisotopic (exact) mass is 287 g/mol. The fourth-order valence-electron chi connectivity index (χ4n) is 1.99. The average Bonchev–Trinajstić information content (AvgIpc) is 2.46. The predicted molar refractivity (Wildman–Crippen MR) is 77.5 cm³/mol. The Morgan fingerprint density at radius 3 is 2.65 bits per heavy atom. The summed E-state index contributed by atoms with van der Waals surface area (Å²) in [6.45, 7) is 0.396. The molecule has 2 aromatic carbocycles. The molecule has 0 aliphatic rings. The second-order valence-electron chi connectivity index (χ2n) is 4.38. The molecule has 20 heavy (non-hydrogen) atoms. The third-order valence-electron chi connectivity index (χ3n) is 2.94. The Morgan fingerprint density at radius 1 is 1.05 bits per heavy atom.